The Hall–Kier alpha value is -0.300. The van der Waals surface area contributed by atoms with E-state index in [0.29, 0.717) is 0 Å². The second kappa shape index (κ2) is 2.98. The molecule has 0 saturated heterocycles. The summed E-state index contributed by atoms with van der Waals surface area (Å²) < 4.78 is 0. The van der Waals surface area contributed by atoms with Gasteiger partial charge in [0.05, 0.1) is 6.10 Å². The van der Waals surface area contributed by atoms with Crippen LogP contribution >= 0.6 is 0 Å². The number of aliphatic hydroxyl groups is 1. The molecular formula is C10H16O. The molecule has 0 aromatic rings. The SMILES string of the molecule is O[C@@H]1C=C2CCCCC2CC1. The summed E-state index contributed by atoms with van der Waals surface area (Å²) in [6, 6.07) is 0. The number of hydrogen-bond acceptors (Lipinski definition) is 1. The van der Waals surface area contributed by atoms with E-state index in [-0.39, 0.29) is 6.10 Å². The van der Waals surface area contributed by atoms with Crippen LogP contribution in [0.15, 0.2) is 11.6 Å². The second-order valence-corrected chi connectivity index (χ2v) is 3.83. The van der Waals surface area contributed by atoms with Gasteiger partial charge in [0.2, 0.25) is 0 Å². The van der Waals surface area contributed by atoms with E-state index in [9.17, 15) is 5.11 Å². The monoisotopic (exact) mass is 152 g/mol. The van der Waals surface area contributed by atoms with Crippen LogP contribution in [0.1, 0.15) is 38.5 Å². The molecule has 1 fully saturated rings. The van der Waals surface area contributed by atoms with Crippen LogP contribution < -0.4 is 0 Å². The Labute approximate surface area is 68.1 Å². The largest absolute Gasteiger partial charge is 0.389 e. The molecule has 2 aliphatic carbocycles. The second-order valence-electron chi connectivity index (χ2n) is 3.83. The third-order valence-corrected chi connectivity index (χ3v) is 3.01. The van der Waals surface area contributed by atoms with Crippen molar-refractivity contribution in [2.75, 3.05) is 0 Å². The van der Waals surface area contributed by atoms with Crippen LogP contribution in [0.4, 0.5) is 0 Å². The number of rotatable bonds is 0. The molecule has 11 heavy (non-hydrogen) atoms. The van der Waals surface area contributed by atoms with Crippen LogP contribution in [0.25, 0.3) is 0 Å². The molecule has 1 N–H and O–H groups in total. The third kappa shape index (κ3) is 1.48. The Morgan fingerprint density at radius 1 is 1.18 bits per heavy atom. The molecule has 2 aliphatic rings. The van der Waals surface area contributed by atoms with Crippen molar-refractivity contribution in [2.24, 2.45) is 5.92 Å². The summed E-state index contributed by atoms with van der Waals surface area (Å²) in [5, 5.41) is 9.37. The Morgan fingerprint density at radius 2 is 2.09 bits per heavy atom. The predicted molar refractivity (Wildman–Crippen MR) is 45.3 cm³/mol. The van der Waals surface area contributed by atoms with Gasteiger partial charge in [0.25, 0.3) is 0 Å². The minimum absolute atomic E-state index is 0.126. The van der Waals surface area contributed by atoms with Crippen molar-refractivity contribution in [1.29, 1.82) is 0 Å². The summed E-state index contributed by atoms with van der Waals surface area (Å²) in [5.41, 5.74) is 1.55. The van der Waals surface area contributed by atoms with Crippen molar-refractivity contribution in [1.82, 2.24) is 0 Å². The molecule has 0 amide bonds. The van der Waals surface area contributed by atoms with Crippen LogP contribution in [0.5, 0.6) is 0 Å². The molecule has 1 heteroatoms. The molecule has 1 nitrogen and oxygen atoms in total. The highest BCUT2D eigenvalue weighted by Gasteiger charge is 2.23. The molecule has 0 aromatic heterocycles. The van der Waals surface area contributed by atoms with Crippen molar-refractivity contribution < 1.29 is 5.11 Å². The topological polar surface area (TPSA) is 20.2 Å². The quantitative estimate of drug-likeness (QED) is 0.528. The molecule has 1 saturated carbocycles. The first kappa shape index (κ1) is 7.35. The van der Waals surface area contributed by atoms with E-state index in [4.69, 9.17) is 0 Å². The summed E-state index contributed by atoms with van der Waals surface area (Å²) in [5.74, 6) is 0.840. The van der Waals surface area contributed by atoms with Gasteiger partial charge in [-0.25, -0.2) is 0 Å². The van der Waals surface area contributed by atoms with Gasteiger partial charge in [0, 0.05) is 0 Å². The number of allylic oxidation sites excluding steroid dienone is 1. The zero-order valence-corrected chi connectivity index (χ0v) is 6.92. The van der Waals surface area contributed by atoms with Crippen molar-refractivity contribution in [3.63, 3.8) is 0 Å². The van der Waals surface area contributed by atoms with Crippen LogP contribution in [-0.4, -0.2) is 11.2 Å². The molecule has 2 atom stereocenters. The highest BCUT2D eigenvalue weighted by molar-refractivity contribution is 5.14. The fraction of sp³-hybridized carbons (Fsp3) is 0.800. The highest BCUT2D eigenvalue weighted by Crippen LogP contribution is 2.36. The third-order valence-electron chi connectivity index (χ3n) is 3.01. The van der Waals surface area contributed by atoms with E-state index in [1.165, 1.54) is 32.1 Å². The smallest absolute Gasteiger partial charge is 0.0723 e. The Bertz CT molecular complexity index is 172. The van der Waals surface area contributed by atoms with Gasteiger partial charge < -0.3 is 5.11 Å². The average molecular weight is 152 g/mol. The van der Waals surface area contributed by atoms with Crippen LogP contribution in [0, 0.1) is 5.92 Å². The molecule has 2 rings (SSSR count). The maximum Gasteiger partial charge on any atom is 0.0723 e. The lowest BCUT2D eigenvalue weighted by Crippen LogP contribution is -2.20. The van der Waals surface area contributed by atoms with Gasteiger partial charge in [-0.2, -0.15) is 0 Å². The molecule has 0 aliphatic heterocycles. The predicted octanol–water partition coefficient (Wildman–Crippen LogP) is 2.26. The zero-order chi connectivity index (χ0) is 7.68. The first-order chi connectivity index (χ1) is 5.36. The molecular weight excluding hydrogens is 136 g/mol. The molecule has 0 heterocycles. The maximum absolute atomic E-state index is 9.37. The van der Waals surface area contributed by atoms with E-state index in [0.717, 1.165) is 12.3 Å². The van der Waals surface area contributed by atoms with E-state index >= 15 is 0 Å². The van der Waals surface area contributed by atoms with Gasteiger partial charge >= 0.3 is 0 Å². The van der Waals surface area contributed by atoms with Gasteiger partial charge in [-0.3, -0.25) is 0 Å². The van der Waals surface area contributed by atoms with Crippen LogP contribution in [0.2, 0.25) is 0 Å². The van der Waals surface area contributed by atoms with Crippen molar-refractivity contribution in [2.45, 2.75) is 44.6 Å². The Balaban J connectivity index is 2.10. The minimum atomic E-state index is -0.126. The fourth-order valence-corrected chi connectivity index (χ4v) is 2.36. The van der Waals surface area contributed by atoms with Gasteiger partial charge in [0.15, 0.2) is 0 Å². The molecule has 62 valence electrons. The molecule has 0 bridgehead atoms. The van der Waals surface area contributed by atoms with Gasteiger partial charge in [-0.15, -0.1) is 0 Å². The standard InChI is InChI=1S/C10H16O/c11-10-6-5-8-3-1-2-4-9(8)7-10/h7-8,10-11H,1-6H2/t8?,10-/m0/s1. The van der Waals surface area contributed by atoms with E-state index < -0.39 is 0 Å². The van der Waals surface area contributed by atoms with Crippen molar-refractivity contribution >= 4 is 0 Å². The maximum atomic E-state index is 9.37. The fourth-order valence-electron chi connectivity index (χ4n) is 2.36. The van der Waals surface area contributed by atoms with E-state index in [2.05, 4.69) is 6.08 Å². The molecule has 1 unspecified atom stereocenters. The van der Waals surface area contributed by atoms with Gasteiger partial charge in [0.1, 0.15) is 0 Å². The molecule has 0 aromatic carbocycles. The van der Waals surface area contributed by atoms with Crippen LogP contribution in [0.3, 0.4) is 0 Å². The number of fused-ring (bicyclic) bond motifs is 1. The summed E-state index contributed by atoms with van der Waals surface area (Å²) >= 11 is 0. The molecule has 0 spiro atoms. The molecule has 0 radical (unpaired) electrons. The highest BCUT2D eigenvalue weighted by atomic mass is 16.3. The Kier molecular flexibility index (Phi) is 1.99. The lowest BCUT2D eigenvalue weighted by atomic mass is 9.77. The number of hydrogen-bond donors (Lipinski definition) is 1. The normalized spacial score (nSPS) is 37.7. The average Bonchev–Trinajstić information content (AvgIpc) is 2.04. The lowest BCUT2D eigenvalue weighted by molar-refractivity contribution is 0.184. The van der Waals surface area contributed by atoms with Crippen molar-refractivity contribution in [3.05, 3.63) is 11.6 Å². The summed E-state index contributed by atoms with van der Waals surface area (Å²) in [6.07, 6.45) is 9.57. The van der Waals surface area contributed by atoms with E-state index in [1.807, 2.05) is 0 Å². The lowest BCUT2D eigenvalue weighted by Gasteiger charge is -2.30. The minimum Gasteiger partial charge on any atom is -0.389 e. The van der Waals surface area contributed by atoms with Gasteiger partial charge in [-0.1, -0.05) is 18.1 Å². The van der Waals surface area contributed by atoms with Crippen molar-refractivity contribution in [3.8, 4) is 0 Å². The summed E-state index contributed by atoms with van der Waals surface area (Å²) in [6.45, 7) is 0. The number of aliphatic hydroxyl groups excluding tert-OH is 1. The first-order valence-electron chi connectivity index (χ1n) is 4.75. The first-order valence-corrected chi connectivity index (χ1v) is 4.75. The van der Waals surface area contributed by atoms with Gasteiger partial charge in [-0.05, 0) is 38.0 Å². The Morgan fingerprint density at radius 3 is 3.00 bits per heavy atom. The van der Waals surface area contributed by atoms with Crippen LogP contribution in [-0.2, 0) is 0 Å². The summed E-state index contributed by atoms with van der Waals surface area (Å²) in [4.78, 5) is 0. The zero-order valence-electron chi connectivity index (χ0n) is 6.92. The van der Waals surface area contributed by atoms with E-state index in [1.54, 1.807) is 5.57 Å². The summed E-state index contributed by atoms with van der Waals surface area (Å²) in [7, 11) is 0.